The third kappa shape index (κ3) is 1.73. The van der Waals surface area contributed by atoms with E-state index in [1.165, 1.54) is 16.0 Å². The summed E-state index contributed by atoms with van der Waals surface area (Å²) in [6.45, 7) is 1.96. The van der Waals surface area contributed by atoms with Gasteiger partial charge >= 0.3 is 0 Å². The van der Waals surface area contributed by atoms with Crippen LogP contribution >= 0.6 is 11.3 Å². The number of benzene rings is 1. The summed E-state index contributed by atoms with van der Waals surface area (Å²) in [6.07, 6.45) is 2.20. The summed E-state index contributed by atoms with van der Waals surface area (Å²) in [4.78, 5) is 6.18. The maximum absolute atomic E-state index is 5.68. The number of thiazole rings is 1. The largest absolute Gasteiger partial charge is 0.459 e. The number of aromatic nitrogens is 1. The molecule has 0 saturated heterocycles. The molecule has 2 aromatic heterocycles. The normalized spacial score (nSPS) is 13.1. The number of aryl methyl sites for hydroxylation is 3. The molecule has 0 spiro atoms. The molecule has 0 radical (unpaired) electrons. The Morgan fingerprint density at radius 3 is 2.84 bits per heavy atom. The van der Waals surface area contributed by atoms with Crippen molar-refractivity contribution < 1.29 is 4.42 Å². The molecule has 2 heterocycles. The molecular formula is C16H13NOS. The lowest BCUT2D eigenvalue weighted by Gasteiger charge is -2.13. The lowest BCUT2D eigenvalue weighted by atomic mass is 9.94. The second-order valence-corrected chi connectivity index (χ2v) is 5.94. The zero-order chi connectivity index (χ0) is 12.8. The topological polar surface area (TPSA) is 26.0 Å². The van der Waals surface area contributed by atoms with Crippen LogP contribution in [0.15, 0.2) is 40.8 Å². The van der Waals surface area contributed by atoms with Crippen molar-refractivity contribution in [3.63, 3.8) is 0 Å². The number of hydrogen-bond acceptors (Lipinski definition) is 3. The third-order valence-corrected chi connectivity index (χ3v) is 4.67. The van der Waals surface area contributed by atoms with Crippen LogP contribution in [0.2, 0.25) is 0 Å². The Bertz CT molecular complexity index is 754. The molecule has 0 aliphatic heterocycles. The van der Waals surface area contributed by atoms with Gasteiger partial charge in [-0.2, -0.15) is 0 Å². The van der Waals surface area contributed by atoms with E-state index in [9.17, 15) is 0 Å². The Labute approximate surface area is 115 Å². The van der Waals surface area contributed by atoms with Crippen LogP contribution in [0.1, 0.15) is 16.2 Å². The monoisotopic (exact) mass is 267 g/mol. The van der Waals surface area contributed by atoms with E-state index in [0.717, 1.165) is 35.1 Å². The Morgan fingerprint density at radius 2 is 2.00 bits per heavy atom. The molecule has 1 aliphatic carbocycles. The van der Waals surface area contributed by atoms with Crippen molar-refractivity contribution in [1.29, 1.82) is 0 Å². The summed E-state index contributed by atoms with van der Waals surface area (Å²) in [5, 5.41) is 0.995. The molecule has 0 N–H and O–H groups in total. The van der Waals surface area contributed by atoms with Crippen LogP contribution in [0, 0.1) is 6.92 Å². The summed E-state index contributed by atoms with van der Waals surface area (Å²) in [6, 6.07) is 12.6. The molecule has 0 saturated carbocycles. The first-order chi connectivity index (χ1) is 9.31. The lowest BCUT2D eigenvalue weighted by molar-refractivity contribution is 0.548. The van der Waals surface area contributed by atoms with Gasteiger partial charge in [-0.3, -0.25) is 0 Å². The summed E-state index contributed by atoms with van der Waals surface area (Å²) in [7, 11) is 0. The SMILES string of the molecule is Cc1ccc(-c2nc3c(s2)CCc2ccccc2-3)o1. The Morgan fingerprint density at radius 1 is 1.11 bits per heavy atom. The van der Waals surface area contributed by atoms with E-state index in [1.54, 1.807) is 11.3 Å². The van der Waals surface area contributed by atoms with Crippen molar-refractivity contribution in [1.82, 2.24) is 4.98 Å². The van der Waals surface area contributed by atoms with Gasteiger partial charge < -0.3 is 4.42 Å². The molecule has 0 bridgehead atoms. The van der Waals surface area contributed by atoms with Gasteiger partial charge in [0.2, 0.25) is 0 Å². The number of fused-ring (bicyclic) bond motifs is 3. The Hall–Kier alpha value is -1.87. The van der Waals surface area contributed by atoms with Gasteiger partial charge in [-0.05, 0) is 37.5 Å². The first kappa shape index (κ1) is 11.0. The smallest absolute Gasteiger partial charge is 0.162 e. The van der Waals surface area contributed by atoms with Crippen LogP contribution in [-0.2, 0) is 12.8 Å². The summed E-state index contributed by atoms with van der Waals surface area (Å²) < 4.78 is 5.68. The molecule has 0 unspecified atom stereocenters. The predicted molar refractivity (Wildman–Crippen MR) is 77.4 cm³/mol. The number of rotatable bonds is 1. The van der Waals surface area contributed by atoms with Crippen LogP contribution in [-0.4, -0.2) is 4.98 Å². The first-order valence-electron chi connectivity index (χ1n) is 6.46. The average molecular weight is 267 g/mol. The zero-order valence-electron chi connectivity index (χ0n) is 10.6. The zero-order valence-corrected chi connectivity index (χ0v) is 11.5. The van der Waals surface area contributed by atoms with E-state index in [1.807, 2.05) is 19.1 Å². The standard InChI is InChI=1S/C16H13NOS/c1-10-6-8-13(18-10)16-17-15-12-5-3-2-4-11(12)7-9-14(15)19-16/h2-6,8H,7,9H2,1H3. The molecule has 3 aromatic rings. The van der Waals surface area contributed by atoms with Crippen molar-refractivity contribution >= 4 is 11.3 Å². The Kier molecular flexibility index (Phi) is 2.35. The average Bonchev–Trinajstić information content (AvgIpc) is 3.04. The Balaban J connectivity index is 1.87. The molecule has 0 fully saturated rings. The van der Waals surface area contributed by atoms with Crippen LogP contribution in [0.4, 0.5) is 0 Å². The van der Waals surface area contributed by atoms with Crippen LogP contribution in [0.3, 0.4) is 0 Å². The molecule has 19 heavy (non-hydrogen) atoms. The maximum Gasteiger partial charge on any atom is 0.162 e. The van der Waals surface area contributed by atoms with E-state index in [0.29, 0.717) is 0 Å². The number of nitrogens with zero attached hydrogens (tertiary/aromatic N) is 1. The highest BCUT2D eigenvalue weighted by Gasteiger charge is 2.21. The molecule has 0 amide bonds. The van der Waals surface area contributed by atoms with Gasteiger partial charge in [-0.15, -0.1) is 11.3 Å². The molecular weight excluding hydrogens is 254 g/mol. The highest BCUT2D eigenvalue weighted by molar-refractivity contribution is 7.15. The van der Waals surface area contributed by atoms with E-state index in [4.69, 9.17) is 9.40 Å². The molecule has 3 heteroatoms. The number of furan rings is 1. The maximum atomic E-state index is 5.68. The van der Waals surface area contributed by atoms with Gasteiger partial charge in [0, 0.05) is 10.4 Å². The van der Waals surface area contributed by atoms with Gasteiger partial charge in [-0.25, -0.2) is 4.98 Å². The summed E-state index contributed by atoms with van der Waals surface area (Å²) in [5.74, 6) is 1.82. The summed E-state index contributed by atoms with van der Waals surface area (Å²) >= 11 is 1.76. The lowest BCUT2D eigenvalue weighted by Crippen LogP contribution is -2.01. The van der Waals surface area contributed by atoms with Gasteiger partial charge in [0.05, 0.1) is 5.69 Å². The number of hydrogen-bond donors (Lipinski definition) is 0. The fourth-order valence-electron chi connectivity index (χ4n) is 2.60. The van der Waals surface area contributed by atoms with Crippen molar-refractivity contribution in [2.24, 2.45) is 0 Å². The molecule has 4 rings (SSSR count). The minimum absolute atomic E-state index is 0.884. The minimum Gasteiger partial charge on any atom is -0.459 e. The van der Waals surface area contributed by atoms with Crippen LogP contribution in [0.5, 0.6) is 0 Å². The predicted octanol–water partition coefficient (Wildman–Crippen LogP) is 4.48. The quantitative estimate of drug-likeness (QED) is 0.650. The highest BCUT2D eigenvalue weighted by Crippen LogP contribution is 2.39. The van der Waals surface area contributed by atoms with Gasteiger partial charge in [0.1, 0.15) is 5.76 Å². The van der Waals surface area contributed by atoms with E-state index >= 15 is 0 Å². The molecule has 2 nitrogen and oxygen atoms in total. The van der Waals surface area contributed by atoms with Crippen molar-refractivity contribution in [2.75, 3.05) is 0 Å². The minimum atomic E-state index is 0.884. The van der Waals surface area contributed by atoms with Gasteiger partial charge in [0.15, 0.2) is 10.8 Å². The molecule has 94 valence electrons. The molecule has 1 aromatic carbocycles. The van der Waals surface area contributed by atoms with E-state index in [2.05, 4.69) is 24.3 Å². The first-order valence-corrected chi connectivity index (χ1v) is 7.28. The van der Waals surface area contributed by atoms with Crippen molar-refractivity contribution in [2.45, 2.75) is 19.8 Å². The molecule has 0 atom stereocenters. The van der Waals surface area contributed by atoms with Gasteiger partial charge in [-0.1, -0.05) is 24.3 Å². The van der Waals surface area contributed by atoms with E-state index < -0.39 is 0 Å². The second-order valence-electron chi connectivity index (χ2n) is 4.86. The van der Waals surface area contributed by atoms with Crippen LogP contribution in [0.25, 0.3) is 22.0 Å². The van der Waals surface area contributed by atoms with Gasteiger partial charge in [0.25, 0.3) is 0 Å². The van der Waals surface area contributed by atoms with Crippen molar-refractivity contribution in [3.05, 3.63) is 52.6 Å². The summed E-state index contributed by atoms with van der Waals surface area (Å²) in [5.41, 5.74) is 3.84. The highest BCUT2D eigenvalue weighted by atomic mass is 32.1. The van der Waals surface area contributed by atoms with E-state index in [-0.39, 0.29) is 0 Å². The second kappa shape index (κ2) is 4.07. The fraction of sp³-hybridized carbons (Fsp3) is 0.188. The third-order valence-electron chi connectivity index (χ3n) is 3.54. The fourth-order valence-corrected chi connectivity index (χ4v) is 3.64. The van der Waals surface area contributed by atoms with Crippen LogP contribution < -0.4 is 0 Å². The van der Waals surface area contributed by atoms with Crippen molar-refractivity contribution in [3.8, 4) is 22.0 Å². The molecule has 1 aliphatic rings.